The Morgan fingerprint density at radius 3 is 2.52 bits per heavy atom. The summed E-state index contributed by atoms with van der Waals surface area (Å²) in [6.45, 7) is 0. The lowest BCUT2D eigenvalue weighted by Crippen LogP contribution is -2.07. The zero-order valence-corrected chi connectivity index (χ0v) is 15.4. The van der Waals surface area contributed by atoms with Crippen molar-refractivity contribution >= 4 is 39.2 Å². The van der Waals surface area contributed by atoms with E-state index in [1.807, 2.05) is 22.6 Å². The number of nitro groups is 1. The first-order chi connectivity index (χ1) is 12.0. The summed E-state index contributed by atoms with van der Waals surface area (Å²) in [5.74, 6) is 0.432. The van der Waals surface area contributed by atoms with Crippen LogP contribution in [0.3, 0.4) is 0 Å². The molecule has 3 rings (SSSR count). The van der Waals surface area contributed by atoms with Gasteiger partial charge >= 0.3 is 5.69 Å². The Labute approximate surface area is 155 Å². The lowest BCUT2D eigenvalue weighted by atomic mass is 10.1. The number of hydrogen-bond acceptors (Lipinski definition) is 6. The Balaban J connectivity index is 2.35. The molecule has 0 saturated heterocycles. The smallest absolute Gasteiger partial charge is 0.315 e. The molecule has 0 aliphatic rings. The van der Waals surface area contributed by atoms with Crippen LogP contribution in [0, 0.1) is 13.7 Å². The number of para-hydroxylation sites is 1. The van der Waals surface area contributed by atoms with Crippen LogP contribution < -0.4 is 14.9 Å². The van der Waals surface area contributed by atoms with Gasteiger partial charge in [-0.3, -0.25) is 14.9 Å². The maximum atomic E-state index is 12.6. The van der Waals surface area contributed by atoms with Gasteiger partial charge in [0.2, 0.25) is 11.2 Å². The molecule has 0 atom stereocenters. The van der Waals surface area contributed by atoms with Crippen LogP contribution in [-0.2, 0) is 0 Å². The third kappa shape index (κ3) is 2.93. The molecule has 0 aliphatic heterocycles. The maximum Gasteiger partial charge on any atom is 0.315 e. The van der Waals surface area contributed by atoms with E-state index >= 15 is 0 Å². The van der Waals surface area contributed by atoms with Crippen molar-refractivity contribution in [1.29, 1.82) is 0 Å². The summed E-state index contributed by atoms with van der Waals surface area (Å²) in [5.41, 5.74) is 0.287. The van der Waals surface area contributed by atoms with Gasteiger partial charge in [-0.05, 0) is 40.8 Å². The quantitative estimate of drug-likeness (QED) is 0.337. The van der Waals surface area contributed by atoms with Gasteiger partial charge in [-0.2, -0.15) is 0 Å². The Morgan fingerprint density at radius 1 is 1.16 bits per heavy atom. The molecule has 0 radical (unpaired) electrons. The third-order valence-corrected chi connectivity index (χ3v) is 4.64. The highest BCUT2D eigenvalue weighted by molar-refractivity contribution is 14.1. The molecular weight excluding hydrogens is 441 g/mol. The van der Waals surface area contributed by atoms with Gasteiger partial charge in [-0.1, -0.05) is 12.1 Å². The molecule has 0 bridgehead atoms. The fourth-order valence-corrected chi connectivity index (χ4v) is 3.23. The highest BCUT2D eigenvalue weighted by Crippen LogP contribution is 2.41. The molecule has 2 aromatic carbocycles. The first kappa shape index (κ1) is 17.2. The molecule has 0 fully saturated rings. The minimum Gasteiger partial charge on any atom is -0.493 e. The second-order valence-electron chi connectivity index (χ2n) is 5.06. The van der Waals surface area contributed by atoms with E-state index in [1.54, 1.807) is 30.3 Å². The standard InChI is InChI=1S/C17H12INO6/c1-23-13-8-9(7-11(19(21)22)17(13)24-2)16-14(18)15(20)10-5-3-4-6-12(10)25-16/h3-8H,1-2H3. The predicted molar refractivity (Wildman–Crippen MR) is 100 cm³/mol. The van der Waals surface area contributed by atoms with Crippen molar-refractivity contribution in [2.24, 2.45) is 0 Å². The SMILES string of the molecule is COc1cc(-c2oc3ccccc3c(=O)c2I)cc([N+](=O)[O-])c1OC. The molecule has 0 N–H and O–H groups in total. The second-order valence-corrected chi connectivity index (χ2v) is 6.14. The normalized spacial score (nSPS) is 10.7. The summed E-state index contributed by atoms with van der Waals surface area (Å²) in [6.07, 6.45) is 0. The van der Waals surface area contributed by atoms with E-state index in [9.17, 15) is 14.9 Å². The summed E-state index contributed by atoms with van der Waals surface area (Å²) in [5, 5.41) is 11.8. The van der Waals surface area contributed by atoms with E-state index in [0.29, 0.717) is 20.1 Å². The number of benzene rings is 2. The lowest BCUT2D eigenvalue weighted by molar-refractivity contribution is -0.385. The first-order valence-corrected chi connectivity index (χ1v) is 8.18. The minimum atomic E-state index is -0.573. The van der Waals surface area contributed by atoms with Crippen LogP contribution in [0.5, 0.6) is 11.5 Å². The first-order valence-electron chi connectivity index (χ1n) is 7.10. The van der Waals surface area contributed by atoms with Crippen LogP contribution >= 0.6 is 22.6 Å². The number of rotatable bonds is 4. The van der Waals surface area contributed by atoms with Gasteiger partial charge < -0.3 is 13.9 Å². The molecule has 0 spiro atoms. The molecule has 0 aliphatic carbocycles. The Kier molecular flexibility index (Phi) is 4.62. The van der Waals surface area contributed by atoms with Crippen LogP contribution in [0.2, 0.25) is 0 Å². The van der Waals surface area contributed by atoms with Crippen LogP contribution in [-0.4, -0.2) is 19.1 Å². The van der Waals surface area contributed by atoms with Crippen molar-refractivity contribution in [3.05, 3.63) is 60.3 Å². The van der Waals surface area contributed by atoms with Crippen LogP contribution in [0.25, 0.3) is 22.3 Å². The molecule has 1 aromatic heterocycles. The molecule has 0 unspecified atom stereocenters. The number of nitrogens with zero attached hydrogens (tertiary/aromatic N) is 1. The van der Waals surface area contributed by atoms with Gasteiger partial charge in [-0.25, -0.2) is 0 Å². The second kappa shape index (κ2) is 6.71. The predicted octanol–water partition coefficient (Wildman–Crippen LogP) is 3.99. The Hall–Kier alpha value is -2.62. The highest BCUT2D eigenvalue weighted by Gasteiger charge is 2.24. The molecule has 25 heavy (non-hydrogen) atoms. The Morgan fingerprint density at radius 2 is 1.88 bits per heavy atom. The molecule has 128 valence electrons. The van der Waals surface area contributed by atoms with E-state index in [1.165, 1.54) is 20.3 Å². The summed E-state index contributed by atoms with van der Waals surface area (Å²) < 4.78 is 16.5. The van der Waals surface area contributed by atoms with Crippen molar-refractivity contribution in [3.8, 4) is 22.8 Å². The summed E-state index contributed by atoms with van der Waals surface area (Å²) in [7, 11) is 2.71. The van der Waals surface area contributed by atoms with Gasteiger partial charge in [0.05, 0.1) is 24.5 Å². The van der Waals surface area contributed by atoms with Crippen molar-refractivity contribution in [2.75, 3.05) is 14.2 Å². The van der Waals surface area contributed by atoms with E-state index in [-0.39, 0.29) is 28.4 Å². The molecule has 3 aromatic rings. The minimum absolute atomic E-state index is 0.00870. The van der Waals surface area contributed by atoms with Gasteiger partial charge in [-0.15, -0.1) is 0 Å². The molecular formula is C17H12INO6. The number of ether oxygens (including phenoxy) is 2. The van der Waals surface area contributed by atoms with Crippen molar-refractivity contribution in [2.45, 2.75) is 0 Å². The van der Waals surface area contributed by atoms with Gasteiger partial charge in [0.1, 0.15) is 9.15 Å². The Bertz CT molecular complexity index is 1040. The van der Waals surface area contributed by atoms with E-state index in [2.05, 4.69) is 0 Å². The number of halogens is 1. The van der Waals surface area contributed by atoms with E-state index in [4.69, 9.17) is 13.9 Å². The van der Waals surface area contributed by atoms with E-state index < -0.39 is 4.92 Å². The van der Waals surface area contributed by atoms with Crippen LogP contribution in [0.15, 0.2) is 45.6 Å². The third-order valence-electron chi connectivity index (χ3n) is 3.66. The topological polar surface area (TPSA) is 91.8 Å². The van der Waals surface area contributed by atoms with Crippen molar-refractivity contribution in [3.63, 3.8) is 0 Å². The lowest BCUT2D eigenvalue weighted by Gasteiger charge is -2.11. The van der Waals surface area contributed by atoms with E-state index in [0.717, 1.165) is 0 Å². The molecule has 1 heterocycles. The van der Waals surface area contributed by atoms with Crippen LogP contribution in [0.4, 0.5) is 5.69 Å². The largest absolute Gasteiger partial charge is 0.493 e. The highest BCUT2D eigenvalue weighted by atomic mass is 127. The summed E-state index contributed by atoms with van der Waals surface area (Å²) in [6, 6.07) is 9.68. The average Bonchev–Trinajstić information content (AvgIpc) is 2.63. The summed E-state index contributed by atoms with van der Waals surface area (Å²) in [4.78, 5) is 23.4. The summed E-state index contributed by atoms with van der Waals surface area (Å²) >= 11 is 1.88. The monoisotopic (exact) mass is 453 g/mol. The number of fused-ring (bicyclic) bond motifs is 1. The van der Waals surface area contributed by atoms with Gasteiger partial charge in [0.25, 0.3) is 0 Å². The van der Waals surface area contributed by atoms with Crippen molar-refractivity contribution < 1.29 is 18.8 Å². The number of hydrogen-bond donors (Lipinski definition) is 0. The molecule has 7 nitrogen and oxygen atoms in total. The fourth-order valence-electron chi connectivity index (χ4n) is 2.52. The molecule has 0 saturated carbocycles. The fraction of sp³-hybridized carbons (Fsp3) is 0.118. The zero-order valence-electron chi connectivity index (χ0n) is 13.2. The number of methoxy groups -OCH3 is 2. The molecule has 8 heteroatoms. The maximum absolute atomic E-state index is 12.6. The van der Waals surface area contributed by atoms with Crippen LogP contribution in [0.1, 0.15) is 0 Å². The average molecular weight is 453 g/mol. The van der Waals surface area contributed by atoms with Gasteiger partial charge in [0, 0.05) is 11.6 Å². The zero-order chi connectivity index (χ0) is 18.1. The molecule has 0 amide bonds. The number of nitro benzene ring substituents is 1. The van der Waals surface area contributed by atoms with Gasteiger partial charge in [0.15, 0.2) is 11.5 Å². The van der Waals surface area contributed by atoms with Crippen molar-refractivity contribution in [1.82, 2.24) is 0 Å².